The van der Waals surface area contributed by atoms with Gasteiger partial charge in [-0.15, -0.1) is 0 Å². The second kappa shape index (κ2) is 14.0. The molecule has 1 unspecified atom stereocenters. The van der Waals surface area contributed by atoms with Crippen LogP contribution in [0.2, 0.25) is 0 Å². The maximum Gasteiger partial charge on any atom is 0.251 e. The number of hydrogen-bond acceptors (Lipinski definition) is 3. The van der Waals surface area contributed by atoms with E-state index in [2.05, 4.69) is 36.7 Å². The summed E-state index contributed by atoms with van der Waals surface area (Å²) in [5.41, 5.74) is 1.70. The van der Waals surface area contributed by atoms with Gasteiger partial charge < -0.3 is 20.9 Å². The summed E-state index contributed by atoms with van der Waals surface area (Å²) in [6.45, 7) is 9.30. The minimum Gasteiger partial charge on any atom is -0.357 e. The van der Waals surface area contributed by atoms with Gasteiger partial charge >= 0.3 is 0 Å². The molecule has 158 valence electrons. The third kappa shape index (κ3) is 10.3. The van der Waals surface area contributed by atoms with Gasteiger partial charge in [-0.05, 0) is 52.1 Å². The quantitative estimate of drug-likeness (QED) is 0.292. The topological polar surface area (TPSA) is 68.8 Å². The van der Waals surface area contributed by atoms with Crippen molar-refractivity contribution in [3.05, 3.63) is 35.4 Å². The van der Waals surface area contributed by atoms with Crippen LogP contribution in [0.5, 0.6) is 0 Å². The Morgan fingerprint density at radius 2 is 1.96 bits per heavy atom. The fraction of sp³-hybridized carbons (Fsp3) is 0.636. The highest BCUT2D eigenvalue weighted by Crippen LogP contribution is 2.07. The monoisotopic (exact) mass is 389 g/mol. The second-order valence-corrected chi connectivity index (χ2v) is 7.50. The molecular formula is C22H39N5O. The highest BCUT2D eigenvalue weighted by molar-refractivity contribution is 5.94. The molecule has 0 aromatic heterocycles. The van der Waals surface area contributed by atoms with Crippen molar-refractivity contribution < 1.29 is 4.79 Å². The van der Waals surface area contributed by atoms with Crippen LogP contribution in [0.25, 0.3) is 0 Å². The molecule has 1 aromatic rings. The molecular weight excluding hydrogens is 350 g/mol. The number of likely N-dealkylation sites (N-methyl/N-ethyl adjacent to an activating group) is 1. The van der Waals surface area contributed by atoms with Crippen LogP contribution >= 0.6 is 0 Å². The minimum atomic E-state index is -0.0396. The minimum absolute atomic E-state index is 0.0396. The summed E-state index contributed by atoms with van der Waals surface area (Å²) in [5.74, 6) is 0.787. The molecule has 1 amide bonds. The molecule has 28 heavy (non-hydrogen) atoms. The lowest BCUT2D eigenvalue weighted by Gasteiger charge is -2.17. The van der Waals surface area contributed by atoms with Gasteiger partial charge in [-0.2, -0.15) is 0 Å². The molecule has 1 rings (SSSR count). The third-order valence-corrected chi connectivity index (χ3v) is 4.42. The van der Waals surface area contributed by atoms with Crippen molar-refractivity contribution in [3.63, 3.8) is 0 Å². The Bertz CT molecular complexity index is 600. The first-order valence-corrected chi connectivity index (χ1v) is 10.5. The standard InChI is InChI=1S/C22H39N5O/c1-6-8-9-11-18(3)26-22(23-7-2)25-17-19-12-10-13-20(16-19)21(28)24-14-15-27(4)5/h10,12-13,16,18H,6-9,11,14-15,17H2,1-5H3,(H,24,28)(H2,23,25,26). The largest absolute Gasteiger partial charge is 0.357 e. The molecule has 3 N–H and O–H groups in total. The number of carbonyl (C=O) groups is 1. The maximum atomic E-state index is 12.3. The fourth-order valence-corrected chi connectivity index (χ4v) is 2.80. The Labute approximate surface area is 171 Å². The SMILES string of the molecule is CCCCCC(C)NC(=NCc1cccc(C(=O)NCCN(C)C)c1)NCC. The lowest BCUT2D eigenvalue weighted by Crippen LogP contribution is -2.42. The van der Waals surface area contributed by atoms with Gasteiger partial charge in [-0.25, -0.2) is 4.99 Å². The van der Waals surface area contributed by atoms with E-state index in [9.17, 15) is 4.79 Å². The number of hydrogen-bond donors (Lipinski definition) is 3. The number of unbranched alkanes of at least 4 members (excludes halogenated alkanes) is 2. The molecule has 0 heterocycles. The zero-order valence-corrected chi connectivity index (χ0v) is 18.3. The van der Waals surface area contributed by atoms with Crippen molar-refractivity contribution in [2.45, 2.75) is 59.0 Å². The van der Waals surface area contributed by atoms with Crippen molar-refractivity contribution in [3.8, 4) is 0 Å². The van der Waals surface area contributed by atoms with Crippen LogP contribution in [0.15, 0.2) is 29.3 Å². The lowest BCUT2D eigenvalue weighted by atomic mass is 10.1. The van der Waals surface area contributed by atoms with Crippen molar-refractivity contribution in [1.29, 1.82) is 0 Å². The van der Waals surface area contributed by atoms with E-state index < -0.39 is 0 Å². The Balaban J connectivity index is 2.64. The summed E-state index contributed by atoms with van der Waals surface area (Å²) in [6.07, 6.45) is 4.87. The number of nitrogens with zero attached hydrogens (tertiary/aromatic N) is 2. The summed E-state index contributed by atoms with van der Waals surface area (Å²) in [5, 5.41) is 9.73. The maximum absolute atomic E-state index is 12.3. The normalized spacial score (nSPS) is 12.7. The molecule has 0 aliphatic heterocycles. The molecule has 0 saturated heterocycles. The van der Waals surface area contributed by atoms with E-state index in [4.69, 9.17) is 4.99 Å². The Morgan fingerprint density at radius 1 is 1.18 bits per heavy atom. The van der Waals surface area contributed by atoms with Crippen molar-refractivity contribution in [1.82, 2.24) is 20.9 Å². The lowest BCUT2D eigenvalue weighted by molar-refractivity contribution is 0.0951. The van der Waals surface area contributed by atoms with E-state index in [1.807, 2.05) is 43.3 Å². The van der Waals surface area contributed by atoms with Gasteiger partial charge in [-0.1, -0.05) is 38.3 Å². The first kappa shape index (κ1) is 24.0. The molecule has 0 saturated carbocycles. The summed E-state index contributed by atoms with van der Waals surface area (Å²) in [6, 6.07) is 8.08. The number of aliphatic imine (C=N–C) groups is 1. The molecule has 0 spiro atoms. The third-order valence-electron chi connectivity index (χ3n) is 4.42. The zero-order chi connectivity index (χ0) is 20.8. The second-order valence-electron chi connectivity index (χ2n) is 7.50. The summed E-state index contributed by atoms with van der Waals surface area (Å²) in [7, 11) is 3.98. The van der Waals surface area contributed by atoms with Gasteiger partial charge in [0.2, 0.25) is 0 Å². The van der Waals surface area contributed by atoms with E-state index in [-0.39, 0.29) is 5.91 Å². The van der Waals surface area contributed by atoms with Crippen LogP contribution in [-0.2, 0) is 6.54 Å². The Kier molecular flexibility index (Phi) is 12.0. The average molecular weight is 390 g/mol. The number of rotatable bonds is 12. The molecule has 0 radical (unpaired) electrons. The van der Waals surface area contributed by atoms with E-state index in [1.165, 1.54) is 19.3 Å². The Hall–Kier alpha value is -2.08. The fourth-order valence-electron chi connectivity index (χ4n) is 2.80. The molecule has 6 nitrogen and oxygen atoms in total. The van der Waals surface area contributed by atoms with Crippen molar-refractivity contribution >= 4 is 11.9 Å². The highest BCUT2D eigenvalue weighted by Gasteiger charge is 2.07. The summed E-state index contributed by atoms with van der Waals surface area (Å²) < 4.78 is 0. The molecule has 0 fully saturated rings. The van der Waals surface area contributed by atoms with Crippen LogP contribution in [0, 0.1) is 0 Å². The van der Waals surface area contributed by atoms with E-state index in [0.29, 0.717) is 24.7 Å². The number of carbonyl (C=O) groups excluding carboxylic acids is 1. The van der Waals surface area contributed by atoms with Crippen LogP contribution in [0.1, 0.15) is 62.4 Å². The van der Waals surface area contributed by atoms with E-state index in [1.54, 1.807) is 0 Å². The van der Waals surface area contributed by atoms with E-state index in [0.717, 1.165) is 31.0 Å². The van der Waals surface area contributed by atoms with Crippen molar-refractivity contribution in [2.75, 3.05) is 33.7 Å². The number of guanidine groups is 1. The summed E-state index contributed by atoms with van der Waals surface area (Å²) in [4.78, 5) is 19.0. The predicted molar refractivity (Wildman–Crippen MR) is 119 cm³/mol. The predicted octanol–water partition coefficient (Wildman–Crippen LogP) is 3.00. The molecule has 6 heteroatoms. The van der Waals surface area contributed by atoms with Gasteiger partial charge in [0.15, 0.2) is 5.96 Å². The van der Waals surface area contributed by atoms with Crippen LogP contribution in [0.3, 0.4) is 0 Å². The van der Waals surface area contributed by atoms with Gasteiger partial charge in [0.25, 0.3) is 5.91 Å². The van der Waals surface area contributed by atoms with Gasteiger partial charge in [0.05, 0.1) is 6.54 Å². The van der Waals surface area contributed by atoms with Crippen LogP contribution < -0.4 is 16.0 Å². The van der Waals surface area contributed by atoms with Gasteiger partial charge in [0.1, 0.15) is 0 Å². The molecule has 1 atom stereocenters. The summed E-state index contributed by atoms with van der Waals surface area (Å²) >= 11 is 0. The average Bonchev–Trinajstić information content (AvgIpc) is 2.66. The van der Waals surface area contributed by atoms with Gasteiger partial charge in [0, 0.05) is 31.2 Å². The number of amides is 1. The highest BCUT2D eigenvalue weighted by atomic mass is 16.1. The zero-order valence-electron chi connectivity index (χ0n) is 18.3. The smallest absolute Gasteiger partial charge is 0.251 e. The molecule has 0 aliphatic rings. The molecule has 0 bridgehead atoms. The van der Waals surface area contributed by atoms with Crippen LogP contribution in [-0.4, -0.2) is 56.5 Å². The first-order valence-electron chi connectivity index (χ1n) is 10.5. The number of benzene rings is 1. The van der Waals surface area contributed by atoms with Crippen molar-refractivity contribution in [2.24, 2.45) is 4.99 Å². The molecule has 0 aliphatic carbocycles. The van der Waals surface area contributed by atoms with Crippen LogP contribution in [0.4, 0.5) is 0 Å². The van der Waals surface area contributed by atoms with E-state index >= 15 is 0 Å². The Morgan fingerprint density at radius 3 is 2.64 bits per heavy atom. The van der Waals surface area contributed by atoms with Gasteiger partial charge in [-0.3, -0.25) is 4.79 Å². The molecule has 1 aromatic carbocycles. The number of nitrogens with one attached hydrogen (secondary N) is 3. The first-order chi connectivity index (χ1) is 13.5.